The van der Waals surface area contributed by atoms with Gasteiger partial charge in [0.2, 0.25) is 0 Å². The van der Waals surface area contributed by atoms with E-state index >= 15 is 0 Å². The Balaban J connectivity index is 1.34. The zero-order chi connectivity index (χ0) is 23.5. The van der Waals surface area contributed by atoms with Crippen molar-refractivity contribution in [2.45, 2.75) is 13.0 Å². The molecule has 6 nitrogen and oxygen atoms in total. The molecule has 0 fully saturated rings. The van der Waals surface area contributed by atoms with Crippen LogP contribution in [0.15, 0.2) is 82.9 Å². The molecule has 0 atom stereocenters. The topological polar surface area (TPSA) is 62.8 Å². The van der Waals surface area contributed by atoms with Crippen molar-refractivity contribution in [1.82, 2.24) is 14.3 Å². The molecule has 0 radical (unpaired) electrons. The average molecular weight is 479 g/mol. The minimum Gasteiger partial charge on any atom is -0.467 e. The molecule has 1 N–H and O–H groups in total. The van der Waals surface area contributed by atoms with Gasteiger partial charge < -0.3 is 14.6 Å². The summed E-state index contributed by atoms with van der Waals surface area (Å²) >= 11 is 1.53. The standard InChI is InChI=1S/C25H20F2N4O2S/c26-18-8-9-22(21(27)13-18)28-24(32)30(14-20-7-4-12-33-20)11-10-19-16-34-25-29-23(15-31(19)25)17-5-2-1-3-6-17/h1-9,12-13,15-16H,10-11,14H2,(H,28,32). The van der Waals surface area contributed by atoms with Crippen LogP contribution in [0.25, 0.3) is 16.2 Å². The van der Waals surface area contributed by atoms with E-state index in [1.54, 1.807) is 12.1 Å². The number of carbonyl (C=O) groups excluding carboxylic acids is 1. The molecule has 0 unspecified atom stereocenters. The number of hydrogen-bond acceptors (Lipinski definition) is 4. The first-order chi connectivity index (χ1) is 16.6. The lowest BCUT2D eigenvalue weighted by atomic mass is 10.2. The summed E-state index contributed by atoms with van der Waals surface area (Å²) in [5.74, 6) is -0.948. The second-order valence-corrected chi connectivity index (χ2v) is 8.51. The highest BCUT2D eigenvalue weighted by Crippen LogP contribution is 2.24. The molecule has 0 saturated carbocycles. The molecule has 0 aliphatic carbocycles. The second kappa shape index (κ2) is 9.48. The van der Waals surface area contributed by atoms with Gasteiger partial charge in [0.25, 0.3) is 0 Å². The van der Waals surface area contributed by atoms with E-state index < -0.39 is 17.7 Å². The Morgan fingerprint density at radius 2 is 1.97 bits per heavy atom. The lowest BCUT2D eigenvalue weighted by Crippen LogP contribution is -2.36. The number of aromatic nitrogens is 2. The van der Waals surface area contributed by atoms with E-state index in [9.17, 15) is 13.6 Å². The van der Waals surface area contributed by atoms with Gasteiger partial charge in [-0.1, -0.05) is 30.3 Å². The molecule has 0 aliphatic heterocycles. The Kier molecular flexibility index (Phi) is 6.09. The number of furan rings is 1. The maximum atomic E-state index is 14.1. The molecule has 34 heavy (non-hydrogen) atoms. The molecule has 0 aliphatic rings. The molecular formula is C25H20F2N4O2S. The summed E-state index contributed by atoms with van der Waals surface area (Å²) in [7, 11) is 0. The normalized spacial score (nSPS) is 11.1. The highest BCUT2D eigenvalue weighted by molar-refractivity contribution is 7.15. The number of amides is 2. The van der Waals surface area contributed by atoms with Gasteiger partial charge in [-0.2, -0.15) is 0 Å². The number of hydrogen-bond donors (Lipinski definition) is 1. The molecule has 5 aromatic rings. The first-order valence-electron chi connectivity index (χ1n) is 10.6. The monoisotopic (exact) mass is 478 g/mol. The molecule has 2 aromatic carbocycles. The summed E-state index contributed by atoms with van der Waals surface area (Å²) in [6, 6.07) is 16.0. The molecule has 3 heterocycles. The van der Waals surface area contributed by atoms with Crippen LogP contribution in [0.1, 0.15) is 11.5 Å². The first kappa shape index (κ1) is 21.8. The van der Waals surface area contributed by atoms with Crippen LogP contribution in [-0.4, -0.2) is 26.9 Å². The van der Waals surface area contributed by atoms with Crippen molar-refractivity contribution in [3.8, 4) is 11.3 Å². The Labute approximate surface area is 198 Å². The number of halogens is 2. The summed E-state index contributed by atoms with van der Waals surface area (Å²) in [5.41, 5.74) is 2.82. The van der Waals surface area contributed by atoms with Crippen molar-refractivity contribution >= 4 is 28.0 Å². The van der Waals surface area contributed by atoms with Crippen LogP contribution in [0.4, 0.5) is 19.3 Å². The number of nitrogens with zero attached hydrogens (tertiary/aromatic N) is 3. The predicted molar refractivity (Wildman–Crippen MR) is 127 cm³/mol. The van der Waals surface area contributed by atoms with E-state index in [1.807, 2.05) is 46.3 Å². The molecule has 0 spiro atoms. The van der Waals surface area contributed by atoms with Gasteiger partial charge in [-0.3, -0.25) is 4.40 Å². The van der Waals surface area contributed by atoms with Crippen LogP contribution in [0.2, 0.25) is 0 Å². The van der Waals surface area contributed by atoms with Gasteiger partial charge in [0.15, 0.2) is 4.96 Å². The molecule has 9 heteroatoms. The zero-order valence-corrected chi connectivity index (χ0v) is 18.8. The van der Waals surface area contributed by atoms with Gasteiger partial charge in [0.1, 0.15) is 17.4 Å². The Hall–Kier alpha value is -3.98. The average Bonchev–Trinajstić information content (AvgIpc) is 3.57. The number of anilines is 1. The highest BCUT2D eigenvalue weighted by atomic mass is 32.1. The lowest BCUT2D eigenvalue weighted by molar-refractivity contribution is 0.204. The number of thiazole rings is 1. The van der Waals surface area contributed by atoms with Crippen LogP contribution < -0.4 is 5.32 Å². The van der Waals surface area contributed by atoms with Crippen molar-refractivity contribution in [3.05, 3.63) is 102 Å². The lowest BCUT2D eigenvalue weighted by Gasteiger charge is -2.22. The van der Waals surface area contributed by atoms with E-state index in [-0.39, 0.29) is 12.2 Å². The van der Waals surface area contributed by atoms with Gasteiger partial charge in [0.05, 0.1) is 24.2 Å². The van der Waals surface area contributed by atoms with E-state index in [0.717, 1.165) is 34.0 Å². The number of urea groups is 1. The van der Waals surface area contributed by atoms with Crippen LogP contribution >= 0.6 is 11.3 Å². The number of rotatable bonds is 7. The van der Waals surface area contributed by atoms with Crippen molar-refractivity contribution in [3.63, 3.8) is 0 Å². The third-order valence-corrected chi connectivity index (χ3v) is 6.27. The second-order valence-electron chi connectivity index (χ2n) is 7.68. The SMILES string of the molecule is O=C(Nc1ccc(F)cc1F)N(CCc1csc2nc(-c3ccccc3)cn12)Cc1ccco1. The summed E-state index contributed by atoms with van der Waals surface area (Å²) in [4.78, 5) is 20.1. The maximum Gasteiger partial charge on any atom is 0.322 e. The van der Waals surface area contributed by atoms with E-state index in [2.05, 4.69) is 5.32 Å². The summed E-state index contributed by atoms with van der Waals surface area (Å²) in [6.45, 7) is 0.550. The van der Waals surface area contributed by atoms with Gasteiger partial charge in [-0.05, 0) is 24.3 Å². The predicted octanol–water partition coefficient (Wildman–Crippen LogP) is 6.21. The third-order valence-electron chi connectivity index (χ3n) is 5.38. The first-order valence-corrected chi connectivity index (χ1v) is 11.5. The van der Waals surface area contributed by atoms with Crippen molar-refractivity contribution in [1.29, 1.82) is 0 Å². The Morgan fingerprint density at radius 3 is 2.74 bits per heavy atom. The summed E-state index contributed by atoms with van der Waals surface area (Å²) in [6.07, 6.45) is 4.07. The van der Waals surface area contributed by atoms with Crippen LogP contribution in [0.5, 0.6) is 0 Å². The maximum absolute atomic E-state index is 14.1. The zero-order valence-electron chi connectivity index (χ0n) is 17.9. The van der Waals surface area contributed by atoms with Crippen LogP contribution in [-0.2, 0) is 13.0 Å². The molecular weight excluding hydrogens is 458 g/mol. The quantitative estimate of drug-likeness (QED) is 0.302. The number of nitrogens with one attached hydrogen (secondary N) is 1. The number of carbonyl (C=O) groups is 1. The van der Waals surface area contributed by atoms with E-state index in [1.165, 1.54) is 28.6 Å². The fraction of sp³-hybridized carbons (Fsp3) is 0.120. The molecule has 2 amide bonds. The third kappa shape index (κ3) is 4.69. The van der Waals surface area contributed by atoms with Crippen molar-refractivity contribution in [2.24, 2.45) is 0 Å². The van der Waals surface area contributed by atoms with Gasteiger partial charge in [0, 0.05) is 41.9 Å². The Morgan fingerprint density at radius 1 is 1.12 bits per heavy atom. The summed E-state index contributed by atoms with van der Waals surface area (Å²) in [5, 5.41) is 4.54. The fourth-order valence-corrected chi connectivity index (χ4v) is 4.54. The minimum atomic E-state index is -0.835. The molecule has 0 bridgehead atoms. The van der Waals surface area contributed by atoms with Crippen LogP contribution in [0, 0.1) is 11.6 Å². The van der Waals surface area contributed by atoms with Gasteiger partial charge >= 0.3 is 6.03 Å². The van der Waals surface area contributed by atoms with E-state index in [0.29, 0.717) is 18.7 Å². The Bertz CT molecular complexity index is 1410. The van der Waals surface area contributed by atoms with Gasteiger partial charge in [-0.15, -0.1) is 11.3 Å². The number of imidazole rings is 1. The van der Waals surface area contributed by atoms with Crippen molar-refractivity contribution in [2.75, 3.05) is 11.9 Å². The molecule has 0 saturated heterocycles. The largest absolute Gasteiger partial charge is 0.467 e. The molecule has 172 valence electrons. The number of benzene rings is 2. The smallest absolute Gasteiger partial charge is 0.322 e. The van der Waals surface area contributed by atoms with Gasteiger partial charge in [-0.25, -0.2) is 18.6 Å². The van der Waals surface area contributed by atoms with E-state index in [4.69, 9.17) is 9.40 Å². The number of fused-ring (bicyclic) bond motifs is 1. The molecule has 3 aromatic heterocycles. The van der Waals surface area contributed by atoms with Crippen molar-refractivity contribution < 1.29 is 18.0 Å². The minimum absolute atomic E-state index is 0.0871. The van der Waals surface area contributed by atoms with Crippen LogP contribution in [0.3, 0.4) is 0 Å². The molecule has 5 rings (SSSR count). The fourth-order valence-electron chi connectivity index (χ4n) is 3.63. The summed E-state index contributed by atoms with van der Waals surface area (Å²) < 4.78 is 34.7. The highest BCUT2D eigenvalue weighted by Gasteiger charge is 2.19.